The Kier molecular flexibility index (Phi) is 6.31. The summed E-state index contributed by atoms with van der Waals surface area (Å²) in [5, 5.41) is 0.240. The molecule has 0 spiro atoms. The van der Waals surface area contributed by atoms with Crippen molar-refractivity contribution in [1.82, 2.24) is 0 Å². The normalized spacial score (nSPS) is 22.2. The lowest BCUT2D eigenvalue weighted by Gasteiger charge is -2.45. The number of hydrogen-bond acceptors (Lipinski definition) is 3. The van der Waals surface area contributed by atoms with Crippen molar-refractivity contribution in [3.63, 3.8) is 0 Å². The van der Waals surface area contributed by atoms with Gasteiger partial charge in [0.05, 0.1) is 6.61 Å². The van der Waals surface area contributed by atoms with Crippen LogP contribution in [0.2, 0.25) is 18.1 Å². The van der Waals surface area contributed by atoms with Crippen molar-refractivity contribution in [3.8, 4) is 0 Å². The third kappa shape index (κ3) is 5.46. The standard InChI is InChI=1S/C19H36O3Si/c1-14-12-16(22-23(8,9)18(3,4)5)13-19(6,7)17(14)10-11-21-15(2)20/h16H,10-13H2,1-9H3. The Morgan fingerprint density at radius 2 is 1.87 bits per heavy atom. The van der Waals surface area contributed by atoms with Crippen molar-refractivity contribution in [3.05, 3.63) is 11.1 Å². The third-order valence-electron chi connectivity index (χ3n) is 5.53. The molecule has 1 atom stereocenters. The van der Waals surface area contributed by atoms with Gasteiger partial charge in [0.1, 0.15) is 0 Å². The molecule has 3 nitrogen and oxygen atoms in total. The fraction of sp³-hybridized carbons (Fsp3) is 0.842. The van der Waals surface area contributed by atoms with Crippen LogP contribution in [0.5, 0.6) is 0 Å². The van der Waals surface area contributed by atoms with E-state index in [0.717, 1.165) is 19.3 Å². The number of rotatable bonds is 5. The molecular formula is C19H36O3Si. The molecule has 0 aromatic carbocycles. The van der Waals surface area contributed by atoms with Gasteiger partial charge in [-0.05, 0) is 43.3 Å². The van der Waals surface area contributed by atoms with Gasteiger partial charge >= 0.3 is 5.97 Å². The second kappa shape index (κ2) is 7.10. The van der Waals surface area contributed by atoms with Crippen molar-refractivity contribution in [2.45, 2.75) is 92.0 Å². The molecule has 0 aliphatic heterocycles. The fourth-order valence-corrected chi connectivity index (χ4v) is 4.69. The van der Waals surface area contributed by atoms with Crippen molar-refractivity contribution in [2.75, 3.05) is 6.61 Å². The van der Waals surface area contributed by atoms with Crippen molar-refractivity contribution >= 4 is 14.3 Å². The van der Waals surface area contributed by atoms with Gasteiger partial charge < -0.3 is 9.16 Å². The van der Waals surface area contributed by atoms with E-state index in [1.54, 1.807) is 0 Å². The molecule has 0 heterocycles. The van der Waals surface area contributed by atoms with Gasteiger partial charge in [-0.1, -0.05) is 45.8 Å². The van der Waals surface area contributed by atoms with E-state index in [1.165, 1.54) is 18.1 Å². The first kappa shape index (κ1) is 20.4. The summed E-state index contributed by atoms with van der Waals surface area (Å²) in [6, 6.07) is 0. The highest BCUT2D eigenvalue weighted by Gasteiger charge is 2.42. The minimum Gasteiger partial charge on any atom is -0.466 e. The molecule has 0 N–H and O–H groups in total. The van der Waals surface area contributed by atoms with Crippen LogP contribution in [0.15, 0.2) is 11.1 Å². The summed E-state index contributed by atoms with van der Waals surface area (Å²) in [6.07, 6.45) is 3.20. The van der Waals surface area contributed by atoms with Crippen molar-refractivity contribution in [2.24, 2.45) is 5.41 Å². The smallest absolute Gasteiger partial charge is 0.302 e. The number of hydrogen-bond donors (Lipinski definition) is 0. The highest BCUT2D eigenvalue weighted by molar-refractivity contribution is 6.74. The highest BCUT2D eigenvalue weighted by atomic mass is 28.4. The van der Waals surface area contributed by atoms with Crippen LogP contribution in [-0.4, -0.2) is 27.0 Å². The summed E-state index contributed by atoms with van der Waals surface area (Å²) in [4.78, 5) is 11.0. The minimum absolute atomic E-state index is 0.107. The zero-order valence-electron chi connectivity index (χ0n) is 16.6. The fourth-order valence-electron chi connectivity index (χ4n) is 3.33. The predicted octanol–water partition coefficient (Wildman–Crippen LogP) is 5.47. The molecule has 0 fully saturated rings. The van der Waals surface area contributed by atoms with E-state index in [1.807, 2.05) is 0 Å². The van der Waals surface area contributed by atoms with Crippen LogP contribution >= 0.6 is 0 Å². The van der Waals surface area contributed by atoms with Gasteiger partial charge in [-0.3, -0.25) is 4.79 Å². The van der Waals surface area contributed by atoms with Gasteiger partial charge in [-0.15, -0.1) is 0 Å². The molecule has 0 saturated heterocycles. The number of ether oxygens (including phenoxy) is 1. The molecule has 0 bridgehead atoms. The van der Waals surface area contributed by atoms with Crippen LogP contribution in [0.3, 0.4) is 0 Å². The van der Waals surface area contributed by atoms with Gasteiger partial charge in [0.15, 0.2) is 8.32 Å². The molecule has 1 rings (SSSR count). The van der Waals surface area contributed by atoms with Gasteiger partial charge in [-0.2, -0.15) is 0 Å². The Morgan fingerprint density at radius 3 is 2.30 bits per heavy atom. The summed E-state index contributed by atoms with van der Waals surface area (Å²) < 4.78 is 11.8. The van der Waals surface area contributed by atoms with E-state index in [-0.39, 0.29) is 16.4 Å². The third-order valence-corrected chi connectivity index (χ3v) is 10.1. The van der Waals surface area contributed by atoms with Crippen LogP contribution < -0.4 is 0 Å². The van der Waals surface area contributed by atoms with Gasteiger partial charge in [-0.25, -0.2) is 0 Å². The Hall–Kier alpha value is -0.613. The van der Waals surface area contributed by atoms with Crippen LogP contribution in [0.4, 0.5) is 0 Å². The average Bonchev–Trinajstić information content (AvgIpc) is 2.29. The topological polar surface area (TPSA) is 35.5 Å². The molecule has 1 aliphatic carbocycles. The molecule has 1 aliphatic rings. The molecule has 23 heavy (non-hydrogen) atoms. The van der Waals surface area contributed by atoms with Crippen LogP contribution in [0, 0.1) is 5.41 Å². The molecule has 0 saturated carbocycles. The SMILES string of the molecule is CC(=O)OCCC1=C(C)CC(O[Si](C)(C)C(C)(C)C)CC1(C)C. The lowest BCUT2D eigenvalue weighted by molar-refractivity contribution is -0.140. The zero-order chi connectivity index (χ0) is 18.1. The minimum atomic E-state index is -1.74. The van der Waals surface area contributed by atoms with E-state index in [0.29, 0.717) is 12.7 Å². The molecule has 0 aromatic rings. The van der Waals surface area contributed by atoms with E-state index in [4.69, 9.17) is 9.16 Å². The first-order valence-corrected chi connectivity index (χ1v) is 11.7. The maximum Gasteiger partial charge on any atom is 0.302 e. The van der Waals surface area contributed by atoms with E-state index in [2.05, 4.69) is 54.6 Å². The lowest BCUT2D eigenvalue weighted by Crippen LogP contribution is -2.46. The van der Waals surface area contributed by atoms with Crippen LogP contribution in [0.1, 0.15) is 67.7 Å². The Balaban J connectivity index is 2.83. The zero-order valence-corrected chi connectivity index (χ0v) is 17.6. The van der Waals surface area contributed by atoms with Crippen LogP contribution in [-0.2, 0) is 14.0 Å². The number of esters is 1. The molecular weight excluding hydrogens is 304 g/mol. The first-order valence-electron chi connectivity index (χ1n) is 8.76. The quantitative estimate of drug-likeness (QED) is 0.378. The Morgan fingerprint density at radius 1 is 1.30 bits per heavy atom. The predicted molar refractivity (Wildman–Crippen MR) is 99.0 cm³/mol. The second-order valence-electron chi connectivity index (χ2n) is 9.14. The molecule has 1 unspecified atom stereocenters. The summed E-state index contributed by atoms with van der Waals surface area (Å²) in [7, 11) is -1.74. The van der Waals surface area contributed by atoms with Gasteiger partial charge in [0.2, 0.25) is 0 Å². The maximum atomic E-state index is 11.0. The average molecular weight is 341 g/mol. The van der Waals surface area contributed by atoms with E-state index < -0.39 is 8.32 Å². The Bertz CT molecular complexity index is 469. The number of carbonyl (C=O) groups is 1. The summed E-state index contributed by atoms with van der Waals surface area (Å²) >= 11 is 0. The molecule has 134 valence electrons. The molecule has 0 amide bonds. The van der Waals surface area contributed by atoms with E-state index in [9.17, 15) is 4.79 Å². The van der Waals surface area contributed by atoms with Crippen molar-refractivity contribution in [1.29, 1.82) is 0 Å². The van der Waals surface area contributed by atoms with Crippen molar-refractivity contribution < 1.29 is 14.0 Å². The Labute approximate surface area is 144 Å². The van der Waals surface area contributed by atoms with Gasteiger partial charge in [0, 0.05) is 19.4 Å². The largest absolute Gasteiger partial charge is 0.466 e. The first-order chi connectivity index (χ1) is 10.3. The number of carbonyl (C=O) groups excluding carboxylic acids is 1. The summed E-state index contributed by atoms with van der Waals surface area (Å²) in [6.45, 7) is 20.3. The second-order valence-corrected chi connectivity index (χ2v) is 13.9. The summed E-state index contributed by atoms with van der Waals surface area (Å²) in [5.74, 6) is -0.198. The molecule has 4 heteroatoms. The summed E-state index contributed by atoms with van der Waals surface area (Å²) in [5.41, 5.74) is 2.96. The molecule has 0 radical (unpaired) electrons. The maximum absolute atomic E-state index is 11.0. The van der Waals surface area contributed by atoms with E-state index >= 15 is 0 Å². The molecule has 0 aromatic heterocycles. The van der Waals surface area contributed by atoms with Gasteiger partial charge in [0.25, 0.3) is 0 Å². The highest BCUT2D eigenvalue weighted by Crippen LogP contribution is 2.45. The lowest BCUT2D eigenvalue weighted by atomic mass is 9.70. The monoisotopic (exact) mass is 340 g/mol. The van der Waals surface area contributed by atoms with Crippen LogP contribution in [0.25, 0.3) is 0 Å².